The number of nitrogen functional groups attached to an aromatic ring is 2. The van der Waals surface area contributed by atoms with Crippen molar-refractivity contribution in [3.05, 3.63) is 54.5 Å². The van der Waals surface area contributed by atoms with Gasteiger partial charge in [0.15, 0.2) is 5.65 Å². The van der Waals surface area contributed by atoms with Gasteiger partial charge in [-0.2, -0.15) is 5.10 Å². The van der Waals surface area contributed by atoms with Crippen molar-refractivity contribution in [2.75, 3.05) is 37.0 Å². The Morgan fingerprint density at radius 1 is 1.12 bits per heavy atom. The maximum absolute atomic E-state index is 13.0. The molecule has 2 aromatic carbocycles. The molecule has 1 saturated heterocycles. The lowest BCUT2D eigenvalue weighted by molar-refractivity contribution is -0.134. The first-order valence-electron chi connectivity index (χ1n) is 13.0. The summed E-state index contributed by atoms with van der Waals surface area (Å²) in [6.45, 7) is 2.93. The number of fused-ring (bicyclic) bond motifs is 2. The fraction of sp³-hybridized carbons (Fsp3) is 0.250. The predicted octanol–water partition coefficient (Wildman–Crippen LogP) is 3.42. The Morgan fingerprint density at radius 2 is 1.88 bits per heavy atom. The molecule has 8 N–H and O–H groups in total. The number of hydrogen-bond acceptors (Lipinski definition) is 9. The molecule has 6 rings (SSSR count). The highest BCUT2D eigenvalue weighted by Crippen LogP contribution is 2.37. The summed E-state index contributed by atoms with van der Waals surface area (Å²) in [5.41, 5.74) is 16.7. The summed E-state index contributed by atoms with van der Waals surface area (Å²) in [7, 11) is 1.56. The summed E-state index contributed by atoms with van der Waals surface area (Å²) in [4.78, 5) is 33.8. The molecule has 5 aromatic rings. The van der Waals surface area contributed by atoms with E-state index in [0.717, 1.165) is 49.3 Å². The highest BCUT2D eigenvalue weighted by Gasteiger charge is 2.24. The Morgan fingerprint density at radius 3 is 2.59 bits per heavy atom. The number of carboxylic acids is 1. The number of aliphatic carboxylic acids is 1. The van der Waals surface area contributed by atoms with Crippen LogP contribution < -0.4 is 26.8 Å². The molecule has 1 aliphatic rings. The molecular formula is C28H31N9O4. The van der Waals surface area contributed by atoms with Gasteiger partial charge in [0.1, 0.15) is 29.3 Å². The SMILES string of the molecule is CC(=O)O.COc1cc(-c2nn(C3CCNCC3)c3ncnc(N)c23)ccc1NC(=O)c1cc2cccc(N)c2[nH]1. The van der Waals surface area contributed by atoms with E-state index in [1.165, 1.54) is 6.33 Å². The number of methoxy groups -OCH3 is 1. The van der Waals surface area contributed by atoms with E-state index >= 15 is 0 Å². The van der Waals surface area contributed by atoms with Crippen LogP contribution in [0.15, 0.2) is 48.8 Å². The van der Waals surface area contributed by atoms with Gasteiger partial charge >= 0.3 is 0 Å². The lowest BCUT2D eigenvalue weighted by Gasteiger charge is -2.23. The first-order chi connectivity index (χ1) is 19.8. The maximum Gasteiger partial charge on any atom is 0.300 e. The van der Waals surface area contributed by atoms with Crippen molar-refractivity contribution >= 4 is 51.0 Å². The topological polar surface area (TPSA) is 199 Å². The molecule has 0 bridgehead atoms. The molecule has 1 aliphatic heterocycles. The van der Waals surface area contributed by atoms with Crippen LogP contribution in [0.3, 0.4) is 0 Å². The molecule has 0 spiro atoms. The maximum atomic E-state index is 13.0. The first-order valence-corrected chi connectivity index (χ1v) is 13.0. The van der Waals surface area contributed by atoms with E-state index in [2.05, 4.69) is 25.6 Å². The van der Waals surface area contributed by atoms with Gasteiger partial charge in [-0.25, -0.2) is 14.6 Å². The van der Waals surface area contributed by atoms with Crippen LogP contribution in [0.25, 0.3) is 33.2 Å². The van der Waals surface area contributed by atoms with Crippen molar-refractivity contribution in [1.29, 1.82) is 0 Å². The Labute approximate surface area is 234 Å². The second-order valence-electron chi connectivity index (χ2n) is 9.61. The first kappa shape index (κ1) is 27.4. The third-order valence-corrected chi connectivity index (χ3v) is 6.83. The summed E-state index contributed by atoms with van der Waals surface area (Å²) < 4.78 is 7.60. The number of rotatable bonds is 5. The van der Waals surface area contributed by atoms with Crippen molar-refractivity contribution < 1.29 is 19.4 Å². The standard InChI is InChI=1S/C26H27N9O2.C2H4O2/c1-37-20-12-15(5-6-18(20)33-26(36)19-11-14-3-2-4-17(27)22(14)32-19)23-21-24(28)30-13-31-25(21)35(34-23)16-7-9-29-10-8-16;1-2(3)4/h2-6,11-13,16,29,32H,7-10,27H2,1H3,(H,33,36)(H2,28,30,31);1H3,(H,3,4). The monoisotopic (exact) mass is 557 g/mol. The summed E-state index contributed by atoms with van der Waals surface area (Å²) in [5, 5.41) is 20.2. The molecule has 4 heterocycles. The van der Waals surface area contributed by atoms with Crippen LogP contribution in [-0.4, -0.2) is 61.9 Å². The zero-order valence-corrected chi connectivity index (χ0v) is 22.6. The van der Waals surface area contributed by atoms with Gasteiger partial charge in [0.25, 0.3) is 11.9 Å². The zero-order valence-electron chi connectivity index (χ0n) is 22.6. The molecule has 3 aromatic heterocycles. The van der Waals surface area contributed by atoms with Crippen molar-refractivity contribution in [3.8, 4) is 17.0 Å². The number of ether oxygens (including phenoxy) is 1. The van der Waals surface area contributed by atoms with E-state index in [9.17, 15) is 4.79 Å². The third-order valence-electron chi connectivity index (χ3n) is 6.83. The van der Waals surface area contributed by atoms with Gasteiger partial charge in [0.05, 0.1) is 35.4 Å². The number of carboxylic acid groups (broad SMARTS) is 1. The van der Waals surface area contributed by atoms with E-state index in [-0.39, 0.29) is 11.9 Å². The van der Waals surface area contributed by atoms with Crippen molar-refractivity contribution in [2.45, 2.75) is 25.8 Å². The van der Waals surface area contributed by atoms with Crippen molar-refractivity contribution in [2.24, 2.45) is 0 Å². The van der Waals surface area contributed by atoms with Crippen LogP contribution in [-0.2, 0) is 4.79 Å². The number of para-hydroxylation sites is 1. The number of carbonyl (C=O) groups excluding carboxylic acids is 1. The number of carbonyl (C=O) groups is 2. The minimum atomic E-state index is -0.833. The number of aromatic amines is 1. The Kier molecular flexibility index (Phi) is 7.70. The molecule has 0 unspecified atom stereocenters. The molecule has 13 heteroatoms. The van der Waals surface area contributed by atoms with E-state index in [1.54, 1.807) is 25.3 Å². The molecule has 0 radical (unpaired) electrons. The van der Waals surface area contributed by atoms with Gasteiger partial charge in [-0.1, -0.05) is 18.2 Å². The Bertz CT molecular complexity index is 1730. The number of amides is 1. The van der Waals surface area contributed by atoms with Gasteiger partial charge < -0.3 is 36.9 Å². The number of anilines is 3. The van der Waals surface area contributed by atoms with Gasteiger partial charge in [0, 0.05) is 17.9 Å². The molecule has 13 nitrogen and oxygen atoms in total. The van der Waals surface area contributed by atoms with E-state index in [0.29, 0.717) is 45.4 Å². The lowest BCUT2D eigenvalue weighted by Crippen LogP contribution is -2.30. The van der Waals surface area contributed by atoms with Crippen molar-refractivity contribution in [3.63, 3.8) is 0 Å². The summed E-state index contributed by atoms with van der Waals surface area (Å²) in [5.74, 6) is -0.281. The molecule has 1 amide bonds. The third kappa shape index (κ3) is 5.61. The van der Waals surface area contributed by atoms with Crippen LogP contribution in [0.1, 0.15) is 36.3 Å². The Balaban J connectivity index is 0.000000794. The quantitative estimate of drug-likeness (QED) is 0.174. The van der Waals surface area contributed by atoms with Gasteiger partial charge in [0.2, 0.25) is 0 Å². The van der Waals surface area contributed by atoms with E-state index in [4.69, 9.17) is 31.2 Å². The minimum absolute atomic E-state index is 0.220. The molecule has 0 atom stereocenters. The van der Waals surface area contributed by atoms with E-state index in [1.807, 2.05) is 28.9 Å². The van der Waals surface area contributed by atoms with Crippen LogP contribution in [0.5, 0.6) is 5.75 Å². The summed E-state index contributed by atoms with van der Waals surface area (Å²) >= 11 is 0. The lowest BCUT2D eigenvalue weighted by atomic mass is 10.1. The average molecular weight is 558 g/mol. The average Bonchev–Trinajstić information content (AvgIpc) is 3.58. The van der Waals surface area contributed by atoms with Crippen LogP contribution in [0.4, 0.5) is 17.2 Å². The highest BCUT2D eigenvalue weighted by atomic mass is 16.5. The highest BCUT2D eigenvalue weighted by molar-refractivity contribution is 6.08. The second kappa shape index (κ2) is 11.5. The predicted molar refractivity (Wildman–Crippen MR) is 157 cm³/mol. The van der Waals surface area contributed by atoms with Gasteiger partial charge in [-0.15, -0.1) is 0 Å². The number of piperidine rings is 1. The number of nitrogens with one attached hydrogen (secondary N) is 3. The molecule has 1 fully saturated rings. The normalized spacial score (nSPS) is 13.5. The zero-order chi connectivity index (χ0) is 29.1. The van der Waals surface area contributed by atoms with E-state index < -0.39 is 5.97 Å². The fourth-order valence-electron chi connectivity index (χ4n) is 4.94. The number of nitrogens with zero attached hydrogens (tertiary/aromatic N) is 4. The molecule has 41 heavy (non-hydrogen) atoms. The van der Waals surface area contributed by atoms with Gasteiger partial charge in [-0.05, 0) is 50.2 Å². The number of benzene rings is 2. The number of nitrogens with two attached hydrogens (primary N) is 2. The number of H-pyrrole nitrogens is 1. The number of aromatic nitrogens is 5. The Hall–Kier alpha value is -5.17. The molecule has 0 aliphatic carbocycles. The molecular weight excluding hydrogens is 526 g/mol. The minimum Gasteiger partial charge on any atom is -0.495 e. The van der Waals surface area contributed by atoms with Crippen LogP contribution in [0, 0.1) is 0 Å². The summed E-state index contributed by atoms with van der Waals surface area (Å²) in [6.07, 6.45) is 3.37. The van der Waals surface area contributed by atoms with Crippen molar-refractivity contribution in [1.82, 2.24) is 30.0 Å². The fourth-order valence-corrected chi connectivity index (χ4v) is 4.94. The molecule has 212 valence electrons. The summed E-state index contributed by atoms with van der Waals surface area (Å²) in [6, 6.07) is 13.0. The largest absolute Gasteiger partial charge is 0.495 e. The van der Waals surface area contributed by atoms with Crippen LogP contribution in [0.2, 0.25) is 0 Å². The molecule has 0 saturated carbocycles. The van der Waals surface area contributed by atoms with Crippen LogP contribution >= 0.6 is 0 Å². The smallest absolute Gasteiger partial charge is 0.300 e. The number of hydrogen-bond donors (Lipinski definition) is 6. The van der Waals surface area contributed by atoms with Gasteiger partial charge in [-0.3, -0.25) is 9.59 Å². The second-order valence-corrected chi connectivity index (χ2v) is 9.61.